The Balaban J connectivity index is 2.48. The number of esters is 1. The molecule has 26 heavy (non-hydrogen) atoms. The maximum absolute atomic E-state index is 12.0. The van der Waals surface area contributed by atoms with E-state index >= 15 is 0 Å². The second-order valence-electron chi connectivity index (χ2n) is 6.43. The number of aliphatic hydroxyl groups excluding tert-OH is 1. The fourth-order valence-corrected chi connectivity index (χ4v) is 1.78. The maximum atomic E-state index is 12.0. The van der Waals surface area contributed by atoms with Crippen LogP contribution in [-0.2, 0) is 14.3 Å². The molecule has 1 atom stereocenters. The van der Waals surface area contributed by atoms with Crippen LogP contribution in [0, 0.1) is 0 Å². The quantitative estimate of drug-likeness (QED) is 0.522. The van der Waals surface area contributed by atoms with Crippen molar-refractivity contribution in [3.63, 3.8) is 0 Å². The number of carbonyl (C=O) groups excluding carboxylic acids is 4. The third kappa shape index (κ3) is 7.75. The first kappa shape index (κ1) is 21.1. The predicted octanol–water partition coefficient (Wildman–Crippen LogP) is -0.0552. The molecular formula is C17H23N3O6. The number of hydrogen-bond acceptors (Lipinski definition) is 6. The first-order valence-electron chi connectivity index (χ1n) is 7.88. The van der Waals surface area contributed by atoms with Crippen molar-refractivity contribution in [2.24, 2.45) is 0 Å². The summed E-state index contributed by atoms with van der Waals surface area (Å²) in [6.07, 6.45) is 0. The summed E-state index contributed by atoms with van der Waals surface area (Å²) in [5.41, 5.74) is -0.236. The number of ether oxygens (including phenoxy) is 1. The van der Waals surface area contributed by atoms with Gasteiger partial charge in [0.25, 0.3) is 11.8 Å². The minimum absolute atomic E-state index is 0.301. The lowest BCUT2D eigenvalue weighted by Gasteiger charge is -2.20. The zero-order valence-electron chi connectivity index (χ0n) is 14.9. The standard InChI is InChI=1S/C17H23N3O6/c1-17(2,3)20-16(25)19-13(22)10-26-15(24)12(9-21)18-14(23)11-7-5-4-6-8-11/h4-8,12,21H,9-10H2,1-3H3,(H,18,23)(H2,19,20,22,25). The van der Waals surface area contributed by atoms with E-state index in [0.29, 0.717) is 5.56 Å². The van der Waals surface area contributed by atoms with Crippen LogP contribution in [0.3, 0.4) is 0 Å². The monoisotopic (exact) mass is 365 g/mol. The summed E-state index contributed by atoms with van der Waals surface area (Å²) in [5, 5.41) is 16.1. The molecule has 1 rings (SSSR count). The molecule has 4 N–H and O–H groups in total. The molecule has 1 aromatic carbocycles. The van der Waals surface area contributed by atoms with Gasteiger partial charge < -0.3 is 20.5 Å². The second kappa shape index (κ2) is 9.52. The Morgan fingerprint density at radius 3 is 2.27 bits per heavy atom. The van der Waals surface area contributed by atoms with Crippen molar-refractivity contribution < 1.29 is 29.0 Å². The Morgan fingerprint density at radius 1 is 1.12 bits per heavy atom. The zero-order valence-corrected chi connectivity index (χ0v) is 14.9. The van der Waals surface area contributed by atoms with E-state index < -0.39 is 48.6 Å². The number of urea groups is 1. The fourth-order valence-electron chi connectivity index (χ4n) is 1.78. The van der Waals surface area contributed by atoms with Crippen LogP contribution in [0.4, 0.5) is 4.79 Å². The summed E-state index contributed by atoms with van der Waals surface area (Å²) in [5.74, 6) is -2.41. The van der Waals surface area contributed by atoms with Crippen molar-refractivity contribution >= 4 is 23.8 Å². The molecule has 0 aromatic heterocycles. The van der Waals surface area contributed by atoms with E-state index in [9.17, 15) is 24.3 Å². The molecule has 1 aromatic rings. The zero-order chi connectivity index (χ0) is 19.7. The predicted molar refractivity (Wildman–Crippen MR) is 92.2 cm³/mol. The molecule has 0 fully saturated rings. The summed E-state index contributed by atoms with van der Waals surface area (Å²) < 4.78 is 4.72. The van der Waals surface area contributed by atoms with Crippen LogP contribution in [0.15, 0.2) is 30.3 Å². The first-order valence-corrected chi connectivity index (χ1v) is 7.88. The van der Waals surface area contributed by atoms with E-state index in [2.05, 4.69) is 10.6 Å². The van der Waals surface area contributed by atoms with Gasteiger partial charge in [0.05, 0.1) is 6.61 Å². The normalized spacial score (nSPS) is 11.8. The Labute approximate surface area is 151 Å². The van der Waals surface area contributed by atoms with Crippen molar-refractivity contribution in [3.05, 3.63) is 35.9 Å². The van der Waals surface area contributed by atoms with E-state index in [1.165, 1.54) is 12.1 Å². The molecule has 9 heteroatoms. The number of carbonyl (C=O) groups is 4. The molecule has 4 amide bonds. The van der Waals surface area contributed by atoms with Crippen LogP contribution in [0.5, 0.6) is 0 Å². The molecule has 0 radical (unpaired) electrons. The molecule has 9 nitrogen and oxygen atoms in total. The van der Waals surface area contributed by atoms with Gasteiger partial charge in [0.15, 0.2) is 12.6 Å². The van der Waals surface area contributed by atoms with E-state index in [4.69, 9.17) is 4.74 Å². The molecule has 0 heterocycles. The van der Waals surface area contributed by atoms with Gasteiger partial charge in [0, 0.05) is 11.1 Å². The van der Waals surface area contributed by atoms with Gasteiger partial charge in [-0.1, -0.05) is 18.2 Å². The molecule has 0 spiro atoms. The highest BCUT2D eigenvalue weighted by Crippen LogP contribution is 2.00. The number of amides is 4. The van der Waals surface area contributed by atoms with E-state index in [0.717, 1.165) is 0 Å². The number of nitrogens with one attached hydrogen (secondary N) is 3. The number of benzene rings is 1. The second-order valence-corrected chi connectivity index (χ2v) is 6.43. The van der Waals surface area contributed by atoms with Crippen LogP contribution in [0.25, 0.3) is 0 Å². The van der Waals surface area contributed by atoms with Crippen molar-refractivity contribution in [1.82, 2.24) is 16.0 Å². The van der Waals surface area contributed by atoms with Crippen LogP contribution >= 0.6 is 0 Å². The van der Waals surface area contributed by atoms with Gasteiger partial charge in [-0.3, -0.25) is 14.9 Å². The minimum atomic E-state index is -1.33. The lowest BCUT2D eigenvalue weighted by molar-refractivity contribution is -0.151. The highest BCUT2D eigenvalue weighted by molar-refractivity contribution is 5.98. The van der Waals surface area contributed by atoms with E-state index in [1.807, 2.05) is 5.32 Å². The molecule has 0 saturated heterocycles. The Kier molecular flexibility index (Phi) is 7.73. The molecule has 0 aliphatic rings. The highest BCUT2D eigenvalue weighted by atomic mass is 16.5. The van der Waals surface area contributed by atoms with Gasteiger partial charge in [-0.25, -0.2) is 9.59 Å². The van der Waals surface area contributed by atoms with Crippen molar-refractivity contribution in [2.45, 2.75) is 32.4 Å². The number of hydrogen-bond donors (Lipinski definition) is 4. The molecule has 1 unspecified atom stereocenters. The lowest BCUT2D eigenvalue weighted by atomic mass is 10.1. The molecule has 142 valence electrons. The molecule has 0 bridgehead atoms. The van der Waals surface area contributed by atoms with Crippen LogP contribution < -0.4 is 16.0 Å². The van der Waals surface area contributed by atoms with Crippen molar-refractivity contribution in [3.8, 4) is 0 Å². The maximum Gasteiger partial charge on any atom is 0.331 e. The van der Waals surface area contributed by atoms with E-state index in [-0.39, 0.29) is 0 Å². The summed E-state index contributed by atoms with van der Waals surface area (Å²) >= 11 is 0. The summed E-state index contributed by atoms with van der Waals surface area (Å²) in [4.78, 5) is 47.0. The fraction of sp³-hybridized carbons (Fsp3) is 0.412. The average Bonchev–Trinajstić information content (AvgIpc) is 2.56. The van der Waals surface area contributed by atoms with Crippen LogP contribution in [0.2, 0.25) is 0 Å². The molecular weight excluding hydrogens is 342 g/mol. The SMILES string of the molecule is CC(C)(C)NC(=O)NC(=O)COC(=O)C(CO)NC(=O)c1ccccc1. The molecule has 0 aliphatic heterocycles. The molecule has 0 saturated carbocycles. The Bertz CT molecular complexity index is 654. The van der Waals surface area contributed by atoms with Gasteiger partial charge in [-0.05, 0) is 32.9 Å². The number of rotatable bonds is 6. The van der Waals surface area contributed by atoms with Crippen molar-refractivity contribution in [2.75, 3.05) is 13.2 Å². The Morgan fingerprint density at radius 2 is 1.73 bits per heavy atom. The first-order chi connectivity index (χ1) is 12.1. The van der Waals surface area contributed by atoms with Gasteiger partial charge in [0.2, 0.25) is 0 Å². The Hall–Kier alpha value is -2.94. The topological polar surface area (TPSA) is 134 Å². The van der Waals surface area contributed by atoms with Crippen LogP contribution in [0.1, 0.15) is 31.1 Å². The summed E-state index contributed by atoms with van der Waals surface area (Å²) in [7, 11) is 0. The van der Waals surface area contributed by atoms with Crippen LogP contribution in [-0.4, -0.2) is 53.7 Å². The van der Waals surface area contributed by atoms with Crippen molar-refractivity contribution in [1.29, 1.82) is 0 Å². The lowest BCUT2D eigenvalue weighted by Crippen LogP contribution is -2.49. The highest BCUT2D eigenvalue weighted by Gasteiger charge is 2.23. The molecule has 0 aliphatic carbocycles. The number of imide groups is 1. The van der Waals surface area contributed by atoms with Gasteiger partial charge in [-0.2, -0.15) is 0 Å². The van der Waals surface area contributed by atoms with Gasteiger partial charge in [0.1, 0.15) is 0 Å². The summed E-state index contributed by atoms with van der Waals surface area (Å²) in [6.45, 7) is 3.77. The minimum Gasteiger partial charge on any atom is -0.454 e. The summed E-state index contributed by atoms with van der Waals surface area (Å²) in [6, 6.07) is 6.03. The largest absolute Gasteiger partial charge is 0.454 e. The van der Waals surface area contributed by atoms with E-state index in [1.54, 1.807) is 39.0 Å². The number of aliphatic hydroxyl groups is 1. The average molecular weight is 365 g/mol. The smallest absolute Gasteiger partial charge is 0.331 e. The van der Waals surface area contributed by atoms with Gasteiger partial charge >= 0.3 is 12.0 Å². The third-order valence-electron chi connectivity index (χ3n) is 2.90. The third-order valence-corrected chi connectivity index (χ3v) is 2.90. The van der Waals surface area contributed by atoms with Gasteiger partial charge in [-0.15, -0.1) is 0 Å².